The number of halogens is 4. The highest BCUT2D eigenvalue weighted by molar-refractivity contribution is 9.11. The van der Waals surface area contributed by atoms with Gasteiger partial charge in [-0.05, 0) is 41.8 Å². The molecule has 0 aliphatic carbocycles. The normalized spacial score (nSPS) is 12.4. The summed E-state index contributed by atoms with van der Waals surface area (Å²) in [5.74, 6) is -0.159. The van der Waals surface area contributed by atoms with Crippen LogP contribution in [0.25, 0.3) is 0 Å². The first-order chi connectivity index (χ1) is 8.58. The molecule has 0 spiro atoms. The summed E-state index contributed by atoms with van der Waals surface area (Å²) in [6, 6.07) is 12.8. The van der Waals surface area contributed by atoms with Crippen molar-refractivity contribution in [2.75, 3.05) is 0 Å². The number of hydrogen-bond donors (Lipinski definition) is 0. The average molecular weight is 437 g/mol. The second-order valence-corrected chi connectivity index (χ2v) is 6.80. The Morgan fingerprint density at radius 1 is 1.06 bits per heavy atom. The minimum absolute atomic E-state index is 0.0706. The van der Waals surface area contributed by atoms with Gasteiger partial charge in [0.2, 0.25) is 0 Å². The number of hydrogen-bond acceptors (Lipinski definition) is 0. The molecule has 0 N–H and O–H groups in total. The predicted octanol–water partition coefficient (Wildman–Crippen LogP) is 6.03. The van der Waals surface area contributed by atoms with Gasteiger partial charge in [0.25, 0.3) is 0 Å². The maximum absolute atomic E-state index is 13.6. The third-order valence-electron chi connectivity index (χ3n) is 2.65. The Morgan fingerprint density at radius 2 is 1.78 bits per heavy atom. The molecule has 4 heteroatoms. The molecule has 2 rings (SSSR count). The van der Waals surface area contributed by atoms with E-state index in [1.165, 1.54) is 6.07 Å². The lowest BCUT2D eigenvalue weighted by molar-refractivity contribution is 0.608. The second-order valence-electron chi connectivity index (χ2n) is 3.93. The summed E-state index contributed by atoms with van der Waals surface area (Å²) in [4.78, 5) is 0.0706. The van der Waals surface area contributed by atoms with Crippen LogP contribution in [0.15, 0.2) is 51.4 Å². The maximum atomic E-state index is 13.6. The van der Waals surface area contributed by atoms with Gasteiger partial charge in [0.15, 0.2) is 0 Å². The van der Waals surface area contributed by atoms with Crippen LogP contribution in [0.1, 0.15) is 16.0 Å². The van der Waals surface area contributed by atoms with Crippen LogP contribution in [0, 0.1) is 5.82 Å². The first-order valence-electron chi connectivity index (χ1n) is 5.40. The Labute approximate surface area is 131 Å². The molecule has 18 heavy (non-hydrogen) atoms. The van der Waals surface area contributed by atoms with Gasteiger partial charge in [0, 0.05) is 13.8 Å². The van der Waals surface area contributed by atoms with Crippen LogP contribution < -0.4 is 0 Å². The highest BCUT2D eigenvalue weighted by Crippen LogP contribution is 2.34. The van der Waals surface area contributed by atoms with E-state index >= 15 is 0 Å². The molecule has 0 heterocycles. The van der Waals surface area contributed by atoms with Gasteiger partial charge >= 0.3 is 0 Å². The van der Waals surface area contributed by atoms with E-state index in [4.69, 9.17) is 0 Å². The first-order valence-corrected chi connectivity index (χ1v) is 7.90. The summed E-state index contributed by atoms with van der Waals surface area (Å²) >= 11 is 10.6. The zero-order chi connectivity index (χ0) is 13.1. The summed E-state index contributed by atoms with van der Waals surface area (Å²) in [6.07, 6.45) is 0.613. The van der Waals surface area contributed by atoms with E-state index < -0.39 is 0 Å². The molecule has 0 aromatic heterocycles. The van der Waals surface area contributed by atoms with Crippen molar-refractivity contribution < 1.29 is 4.39 Å². The fourth-order valence-electron chi connectivity index (χ4n) is 1.72. The lowest BCUT2D eigenvalue weighted by Crippen LogP contribution is -1.99. The van der Waals surface area contributed by atoms with E-state index in [9.17, 15) is 4.39 Å². The SMILES string of the molecule is Fc1ccccc1CC(Br)c1cc(Br)ccc1Br. The summed E-state index contributed by atoms with van der Waals surface area (Å²) < 4.78 is 15.6. The van der Waals surface area contributed by atoms with E-state index in [1.54, 1.807) is 6.07 Å². The Bertz CT molecular complexity index is 554. The zero-order valence-corrected chi connectivity index (χ0v) is 14.1. The van der Waals surface area contributed by atoms with Crippen molar-refractivity contribution in [3.63, 3.8) is 0 Å². The highest BCUT2D eigenvalue weighted by Gasteiger charge is 2.14. The monoisotopic (exact) mass is 434 g/mol. The van der Waals surface area contributed by atoms with Crippen LogP contribution in [0.4, 0.5) is 4.39 Å². The quantitative estimate of drug-likeness (QED) is 0.515. The summed E-state index contributed by atoms with van der Waals surface area (Å²) in [7, 11) is 0. The van der Waals surface area contributed by atoms with Crippen molar-refractivity contribution in [3.05, 3.63) is 68.4 Å². The smallest absolute Gasteiger partial charge is 0.126 e. The molecule has 0 aliphatic rings. The maximum Gasteiger partial charge on any atom is 0.126 e. The minimum atomic E-state index is -0.159. The van der Waals surface area contributed by atoms with Gasteiger partial charge in [0.05, 0.1) is 0 Å². The van der Waals surface area contributed by atoms with Crippen molar-refractivity contribution in [1.82, 2.24) is 0 Å². The van der Waals surface area contributed by atoms with Crippen molar-refractivity contribution in [1.29, 1.82) is 0 Å². The molecule has 1 unspecified atom stereocenters. The van der Waals surface area contributed by atoms with Crippen molar-refractivity contribution in [2.45, 2.75) is 11.2 Å². The standard InChI is InChI=1S/C14H10Br3F/c15-10-5-6-12(16)11(8-10)13(17)7-9-3-1-2-4-14(9)18/h1-6,8,13H,7H2. The molecule has 0 fully saturated rings. The lowest BCUT2D eigenvalue weighted by Gasteiger charge is -2.13. The van der Waals surface area contributed by atoms with Gasteiger partial charge in [-0.25, -0.2) is 4.39 Å². The third kappa shape index (κ3) is 3.43. The average Bonchev–Trinajstić information content (AvgIpc) is 2.35. The number of alkyl halides is 1. The van der Waals surface area contributed by atoms with Gasteiger partial charge in [-0.15, -0.1) is 0 Å². The van der Waals surface area contributed by atoms with Crippen LogP contribution in [0.2, 0.25) is 0 Å². The first kappa shape index (κ1) is 14.2. The molecule has 0 radical (unpaired) electrons. The third-order valence-corrected chi connectivity index (χ3v) is 4.68. The second kappa shape index (κ2) is 6.31. The lowest BCUT2D eigenvalue weighted by atomic mass is 10.0. The molecule has 0 aliphatic heterocycles. The van der Waals surface area contributed by atoms with Crippen molar-refractivity contribution in [2.24, 2.45) is 0 Å². The van der Waals surface area contributed by atoms with Crippen LogP contribution >= 0.6 is 47.8 Å². The van der Waals surface area contributed by atoms with Crippen LogP contribution in [-0.4, -0.2) is 0 Å². The van der Waals surface area contributed by atoms with Gasteiger partial charge in [-0.1, -0.05) is 66.0 Å². The molecule has 1 atom stereocenters. The molecule has 94 valence electrons. The minimum Gasteiger partial charge on any atom is -0.207 e. The van der Waals surface area contributed by atoms with E-state index in [0.717, 1.165) is 14.5 Å². The van der Waals surface area contributed by atoms with Gasteiger partial charge in [0.1, 0.15) is 5.82 Å². The van der Waals surface area contributed by atoms with Gasteiger partial charge < -0.3 is 0 Å². The van der Waals surface area contributed by atoms with Crippen LogP contribution in [0.3, 0.4) is 0 Å². The number of rotatable bonds is 3. The molecular weight excluding hydrogens is 427 g/mol. The highest BCUT2D eigenvalue weighted by atomic mass is 79.9. The van der Waals surface area contributed by atoms with Crippen molar-refractivity contribution >= 4 is 47.8 Å². The Balaban J connectivity index is 2.25. The fraction of sp³-hybridized carbons (Fsp3) is 0.143. The van der Waals surface area contributed by atoms with Crippen molar-refractivity contribution in [3.8, 4) is 0 Å². The molecular formula is C14H10Br3F. The summed E-state index contributed by atoms with van der Waals surface area (Å²) in [5.41, 5.74) is 1.82. The van der Waals surface area contributed by atoms with Gasteiger partial charge in [-0.2, -0.15) is 0 Å². The molecule has 0 saturated carbocycles. The van der Waals surface area contributed by atoms with Crippen LogP contribution in [0.5, 0.6) is 0 Å². The molecule has 0 bridgehead atoms. The topological polar surface area (TPSA) is 0 Å². The molecule has 2 aromatic rings. The molecule has 0 nitrogen and oxygen atoms in total. The molecule has 2 aromatic carbocycles. The fourth-order valence-corrected chi connectivity index (χ4v) is 3.66. The summed E-state index contributed by atoms with van der Waals surface area (Å²) in [5, 5.41) is 0. The van der Waals surface area contributed by atoms with E-state index in [2.05, 4.69) is 47.8 Å². The molecule has 0 saturated heterocycles. The predicted molar refractivity (Wildman–Crippen MR) is 83.6 cm³/mol. The van der Waals surface area contributed by atoms with E-state index in [0.29, 0.717) is 12.0 Å². The van der Waals surface area contributed by atoms with Crippen LogP contribution in [-0.2, 0) is 6.42 Å². The summed E-state index contributed by atoms with van der Waals surface area (Å²) in [6.45, 7) is 0. The Morgan fingerprint density at radius 3 is 2.50 bits per heavy atom. The largest absolute Gasteiger partial charge is 0.207 e. The Hall–Kier alpha value is -0.190. The van der Waals surface area contributed by atoms with Gasteiger partial charge in [-0.3, -0.25) is 0 Å². The molecule has 0 amide bonds. The zero-order valence-electron chi connectivity index (χ0n) is 9.34. The Kier molecular flexibility index (Phi) is 4.98. The van der Waals surface area contributed by atoms with E-state index in [1.807, 2.05) is 30.3 Å². The van der Waals surface area contributed by atoms with E-state index in [-0.39, 0.29) is 10.6 Å². The number of benzene rings is 2.